The fourth-order valence-electron chi connectivity index (χ4n) is 2.78. The Morgan fingerprint density at radius 3 is 2.58 bits per heavy atom. The standard InChI is InChI=1S/C15H14F2N6O2S/c16-15(17)10-1-2-13-18-8-12(23(13)21-10)11-7-14(20-9-19-11)22-3-5-26(24,25)6-4-22/h1-2,7-9,15H,3-6H2. The molecule has 4 rings (SSSR count). The summed E-state index contributed by atoms with van der Waals surface area (Å²) in [6, 6.07) is 4.38. The van der Waals surface area contributed by atoms with E-state index in [1.165, 1.54) is 29.2 Å². The van der Waals surface area contributed by atoms with Gasteiger partial charge >= 0.3 is 0 Å². The average Bonchev–Trinajstić information content (AvgIpc) is 3.05. The van der Waals surface area contributed by atoms with Crippen LogP contribution in [-0.4, -0.2) is 57.6 Å². The highest BCUT2D eigenvalue weighted by Crippen LogP contribution is 2.24. The normalized spacial score (nSPS) is 17.1. The van der Waals surface area contributed by atoms with Crippen molar-refractivity contribution in [1.82, 2.24) is 24.6 Å². The summed E-state index contributed by atoms with van der Waals surface area (Å²) < 4.78 is 50.3. The molecule has 0 atom stereocenters. The Bertz CT molecular complexity index is 1050. The Labute approximate surface area is 147 Å². The largest absolute Gasteiger partial charge is 0.354 e. The Balaban J connectivity index is 1.71. The highest BCUT2D eigenvalue weighted by atomic mass is 32.2. The number of halogens is 2. The molecule has 0 unspecified atom stereocenters. The molecule has 1 aliphatic heterocycles. The average molecular weight is 380 g/mol. The van der Waals surface area contributed by atoms with Crippen molar-refractivity contribution in [3.8, 4) is 11.4 Å². The van der Waals surface area contributed by atoms with E-state index in [1.807, 2.05) is 4.90 Å². The van der Waals surface area contributed by atoms with Crippen LogP contribution < -0.4 is 4.90 Å². The fraction of sp³-hybridized carbons (Fsp3) is 0.333. The van der Waals surface area contributed by atoms with E-state index in [9.17, 15) is 17.2 Å². The minimum atomic E-state index is -3.00. The summed E-state index contributed by atoms with van der Waals surface area (Å²) in [4.78, 5) is 14.4. The van der Waals surface area contributed by atoms with E-state index < -0.39 is 16.3 Å². The van der Waals surface area contributed by atoms with E-state index >= 15 is 0 Å². The van der Waals surface area contributed by atoms with Crippen LogP contribution in [0, 0.1) is 0 Å². The van der Waals surface area contributed by atoms with Gasteiger partial charge in [0.05, 0.1) is 23.4 Å². The number of anilines is 1. The lowest BCUT2D eigenvalue weighted by Gasteiger charge is -2.27. The molecule has 0 radical (unpaired) electrons. The van der Waals surface area contributed by atoms with Crippen molar-refractivity contribution in [3.63, 3.8) is 0 Å². The van der Waals surface area contributed by atoms with Gasteiger partial charge in [0.25, 0.3) is 6.43 Å². The quantitative estimate of drug-likeness (QED) is 0.677. The summed E-state index contributed by atoms with van der Waals surface area (Å²) in [7, 11) is -3.00. The lowest BCUT2D eigenvalue weighted by atomic mass is 10.3. The molecule has 1 fully saturated rings. The summed E-state index contributed by atoms with van der Waals surface area (Å²) in [6.07, 6.45) is 0.167. The maximum Gasteiger partial charge on any atom is 0.282 e. The molecule has 26 heavy (non-hydrogen) atoms. The fourth-order valence-corrected chi connectivity index (χ4v) is 3.98. The van der Waals surface area contributed by atoms with Gasteiger partial charge in [-0.1, -0.05) is 0 Å². The van der Waals surface area contributed by atoms with Crippen molar-refractivity contribution in [1.29, 1.82) is 0 Å². The van der Waals surface area contributed by atoms with Gasteiger partial charge in [-0.05, 0) is 12.1 Å². The molecular formula is C15H14F2N6O2S. The second kappa shape index (κ2) is 6.24. The molecule has 1 aliphatic rings. The zero-order chi connectivity index (χ0) is 18.3. The molecule has 1 saturated heterocycles. The first-order valence-corrected chi connectivity index (χ1v) is 9.66. The van der Waals surface area contributed by atoms with Crippen molar-refractivity contribution < 1.29 is 17.2 Å². The predicted molar refractivity (Wildman–Crippen MR) is 89.8 cm³/mol. The van der Waals surface area contributed by atoms with Crippen LogP contribution >= 0.6 is 0 Å². The third kappa shape index (κ3) is 3.09. The Morgan fingerprint density at radius 2 is 1.85 bits per heavy atom. The number of hydrogen-bond donors (Lipinski definition) is 0. The van der Waals surface area contributed by atoms with Crippen molar-refractivity contribution in [2.75, 3.05) is 29.5 Å². The van der Waals surface area contributed by atoms with Crippen LogP contribution in [0.15, 0.2) is 30.7 Å². The smallest absolute Gasteiger partial charge is 0.282 e. The van der Waals surface area contributed by atoms with E-state index in [4.69, 9.17) is 0 Å². The number of nitrogens with zero attached hydrogens (tertiary/aromatic N) is 6. The molecule has 0 aliphatic carbocycles. The van der Waals surface area contributed by atoms with Crippen molar-refractivity contribution in [2.45, 2.75) is 6.43 Å². The highest BCUT2D eigenvalue weighted by Gasteiger charge is 2.23. The van der Waals surface area contributed by atoms with Crippen LogP contribution in [0.5, 0.6) is 0 Å². The molecule has 136 valence electrons. The van der Waals surface area contributed by atoms with E-state index in [0.29, 0.717) is 35.9 Å². The number of hydrogen-bond acceptors (Lipinski definition) is 7. The van der Waals surface area contributed by atoms with Crippen molar-refractivity contribution in [2.24, 2.45) is 0 Å². The number of alkyl halides is 2. The van der Waals surface area contributed by atoms with E-state index in [2.05, 4.69) is 20.1 Å². The topological polar surface area (TPSA) is 93.4 Å². The summed E-state index contributed by atoms with van der Waals surface area (Å²) in [6.45, 7) is 0.694. The lowest BCUT2D eigenvalue weighted by Crippen LogP contribution is -2.40. The van der Waals surface area contributed by atoms with Crippen molar-refractivity contribution in [3.05, 3.63) is 36.4 Å². The first kappa shape index (κ1) is 16.8. The minimum absolute atomic E-state index is 0.0707. The monoisotopic (exact) mass is 380 g/mol. The summed E-state index contributed by atoms with van der Waals surface area (Å²) in [5, 5.41) is 3.92. The van der Waals surface area contributed by atoms with Crippen LogP contribution in [-0.2, 0) is 9.84 Å². The lowest BCUT2D eigenvalue weighted by molar-refractivity contribution is 0.144. The third-order valence-corrected chi connectivity index (χ3v) is 5.80. The minimum Gasteiger partial charge on any atom is -0.354 e. The Morgan fingerprint density at radius 1 is 1.08 bits per heavy atom. The van der Waals surface area contributed by atoms with Gasteiger partial charge in [0.1, 0.15) is 23.5 Å². The van der Waals surface area contributed by atoms with E-state index in [1.54, 1.807) is 6.07 Å². The van der Waals surface area contributed by atoms with Crippen LogP contribution in [0.2, 0.25) is 0 Å². The summed E-state index contributed by atoms with van der Waals surface area (Å²) in [5.41, 5.74) is 0.992. The van der Waals surface area contributed by atoms with E-state index in [-0.39, 0.29) is 17.2 Å². The third-order valence-electron chi connectivity index (χ3n) is 4.19. The molecule has 4 heterocycles. The highest BCUT2D eigenvalue weighted by molar-refractivity contribution is 7.91. The second-order valence-corrected chi connectivity index (χ2v) is 8.18. The molecule has 3 aromatic heterocycles. The van der Waals surface area contributed by atoms with Crippen LogP contribution in [0.3, 0.4) is 0 Å². The maximum atomic E-state index is 12.9. The molecule has 0 amide bonds. The molecule has 3 aromatic rings. The van der Waals surface area contributed by atoms with Gasteiger partial charge in [0, 0.05) is 19.2 Å². The van der Waals surface area contributed by atoms with Gasteiger partial charge in [0.15, 0.2) is 15.5 Å². The molecule has 11 heteroatoms. The van der Waals surface area contributed by atoms with Crippen LogP contribution in [0.25, 0.3) is 17.0 Å². The Kier molecular flexibility index (Phi) is 4.02. The zero-order valence-electron chi connectivity index (χ0n) is 13.5. The van der Waals surface area contributed by atoms with Gasteiger partial charge in [-0.15, -0.1) is 0 Å². The van der Waals surface area contributed by atoms with Gasteiger partial charge in [0.2, 0.25) is 0 Å². The molecule has 0 N–H and O–H groups in total. The number of fused-ring (bicyclic) bond motifs is 1. The van der Waals surface area contributed by atoms with Crippen molar-refractivity contribution >= 4 is 21.3 Å². The second-order valence-electron chi connectivity index (χ2n) is 5.87. The molecule has 0 saturated carbocycles. The van der Waals surface area contributed by atoms with Gasteiger partial charge < -0.3 is 4.90 Å². The van der Waals surface area contributed by atoms with Gasteiger partial charge in [-0.2, -0.15) is 5.10 Å². The predicted octanol–water partition coefficient (Wildman–Crippen LogP) is 1.36. The molecular weight excluding hydrogens is 366 g/mol. The van der Waals surface area contributed by atoms with Crippen LogP contribution in [0.4, 0.5) is 14.6 Å². The SMILES string of the molecule is O=S1(=O)CCN(c2cc(-c3cnc4ccc(C(F)F)nn34)ncn2)CC1. The zero-order valence-corrected chi connectivity index (χ0v) is 14.3. The van der Waals surface area contributed by atoms with E-state index in [0.717, 1.165) is 0 Å². The summed E-state index contributed by atoms with van der Waals surface area (Å²) in [5.74, 6) is 0.715. The van der Waals surface area contributed by atoms with Gasteiger partial charge in [-0.25, -0.2) is 36.7 Å². The number of aromatic nitrogens is 5. The molecule has 8 nitrogen and oxygen atoms in total. The van der Waals surface area contributed by atoms with Gasteiger partial charge in [-0.3, -0.25) is 0 Å². The maximum absolute atomic E-state index is 12.9. The number of imidazole rings is 1. The summed E-state index contributed by atoms with van der Waals surface area (Å²) >= 11 is 0. The molecule has 0 spiro atoms. The Hall–Kier alpha value is -2.69. The number of rotatable bonds is 3. The first-order valence-electron chi connectivity index (χ1n) is 7.83. The number of sulfone groups is 1. The first-order chi connectivity index (χ1) is 12.4. The molecule has 0 bridgehead atoms. The molecule has 0 aromatic carbocycles. The van der Waals surface area contributed by atoms with Crippen LogP contribution in [0.1, 0.15) is 12.1 Å².